The lowest BCUT2D eigenvalue weighted by Crippen LogP contribution is -2.29. The Balaban J connectivity index is 1.80. The summed E-state index contributed by atoms with van der Waals surface area (Å²) in [7, 11) is 0. The van der Waals surface area contributed by atoms with Crippen LogP contribution in [0.3, 0.4) is 0 Å². The first-order valence-electron chi connectivity index (χ1n) is 8.12. The maximum Gasteiger partial charge on any atom is 0.147 e. The minimum atomic E-state index is -1.28. The number of carboxylic acids is 1. The van der Waals surface area contributed by atoms with E-state index in [4.69, 9.17) is 4.74 Å². The van der Waals surface area contributed by atoms with E-state index in [-0.39, 0.29) is 0 Å². The van der Waals surface area contributed by atoms with Crippen molar-refractivity contribution in [3.63, 3.8) is 0 Å². The van der Waals surface area contributed by atoms with Gasteiger partial charge in [-0.25, -0.2) is 4.98 Å². The molecular formula is C20H18N3O3-. The van der Waals surface area contributed by atoms with Crippen molar-refractivity contribution in [1.82, 2.24) is 4.98 Å². The van der Waals surface area contributed by atoms with Crippen LogP contribution in [0.25, 0.3) is 10.9 Å². The van der Waals surface area contributed by atoms with Gasteiger partial charge < -0.3 is 14.6 Å². The molecule has 0 bridgehead atoms. The highest BCUT2D eigenvalue weighted by atomic mass is 16.5. The second-order valence-corrected chi connectivity index (χ2v) is 5.86. The Hall–Kier alpha value is -3.41. The third kappa shape index (κ3) is 3.97. The molecule has 132 valence electrons. The molecule has 2 aromatic carbocycles. The molecule has 1 heterocycles. The van der Waals surface area contributed by atoms with Crippen molar-refractivity contribution in [1.29, 1.82) is 0 Å². The van der Waals surface area contributed by atoms with Crippen LogP contribution in [0.5, 0.6) is 5.75 Å². The summed E-state index contributed by atoms with van der Waals surface area (Å²) in [4.78, 5) is 15.2. The highest BCUT2D eigenvalue weighted by molar-refractivity contribution is 5.87. The number of benzene rings is 2. The first-order chi connectivity index (χ1) is 12.5. The lowest BCUT2D eigenvalue weighted by atomic mass is 10.1. The first-order valence-corrected chi connectivity index (χ1v) is 8.12. The predicted molar refractivity (Wildman–Crippen MR) is 99.4 cm³/mol. The molecule has 0 unspecified atom stereocenters. The number of aryl methyl sites for hydroxylation is 2. The van der Waals surface area contributed by atoms with Crippen LogP contribution in [0.4, 0.5) is 5.82 Å². The quantitative estimate of drug-likeness (QED) is 0.546. The monoisotopic (exact) mass is 348 g/mol. The molecule has 3 rings (SSSR count). The van der Waals surface area contributed by atoms with E-state index in [0.717, 1.165) is 22.0 Å². The van der Waals surface area contributed by atoms with Gasteiger partial charge in [-0.2, -0.15) is 5.10 Å². The summed E-state index contributed by atoms with van der Waals surface area (Å²) in [5.41, 5.74) is 6.70. The summed E-state index contributed by atoms with van der Waals surface area (Å²) in [5, 5.41) is 15.9. The van der Waals surface area contributed by atoms with Crippen molar-refractivity contribution in [3.8, 4) is 5.75 Å². The molecule has 0 saturated carbocycles. The topological polar surface area (TPSA) is 86.6 Å². The van der Waals surface area contributed by atoms with E-state index in [1.807, 2.05) is 44.2 Å². The fourth-order valence-corrected chi connectivity index (χ4v) is 2.64. The minimum Gasteiger partial charge on any atom is -0.546 e. The number of ether oxygens (including phenoxy) is 1. The average Bonchev–Trinajstić information content (AvgIpc) is 2.62. The number of nitrogens with zero attached hydrogens (tertiary/aromatic N) is 2. The second-order valence-electron chi connectivity index (χ2n) is 5.86. The maximum absolute atomic E-state index is 10.6. The molecule has 1 aromatic heterocycles. The van der Waals surface area contributed by atoms with E-state index < -0.39 is 12.6 Å². The van der Waals surface area contributed by atoms with Crippen LogP contribution in [0.2, 0.25) is 0 Å². The molecule has 6 heteroatoms. The second kappa shape index (κ2) is 7.65. The molecule has 26 heavy (non-hydrogen) atoms. The number of hydrazone groups is 1. The number of fused-ring (bicyclic) bond motifs is 1. The molecule has 1 N–H and O–H groups in total. The Bertz CT molecular complexity index is 983. The van der Waals surface area contributed by atoms with Gasteiger partial charge in [0.05, 0.1) is 17.7 Å². The fourth-order valence-electron chi connectivity index (χ4n) is 2.64. The van der Waals surface area contributed by atoms with E-state index in [9.17, 15) is 9.90 Å². The zero-order valence-electron chi connectivity index (χ0n) is 14.5. The summed E-state index contributed by atoms with van der Waals surface area (Å²) in [5.74, 6) is -0.226. The molecule has 0 fully saturated rings. The van der Waals surface area contributed by atoms with Crippen LogP contribution < -0.4 is 15.3 Å². The van der Waals surface area contributed by atoms with Gasteiger partial charge in [0.25, 0.3) is 0 Å². The van der Waals surface area contributed by atoms with Gasteiger partial charge in [-0.3, -0.25) is 5.43 Å². The smallest absolute Gasteiger partial charge is 0.147 e. The number of aromatic nitrogens is 1. The average molecular weight is 348 g/mol. The summed E-state index contributed by atoms with van der Waals surface area (Å²) in [6.07, 6.45) is 1.56. The van der Waals surface area contributed by atoms with Crippen LogP contribution >= 0.6 is 0 Å². The third-order valence-corrected chi connectivity index (χ3v) is 3.90. The Morgan fingerprint density at radius 3 is 2.81 bits per heavy atom. The fraction of sp³-hybridized carbons (Fsp3) is 0.150. The van der Waals surface area contributed by atoms with Crippen LogP contribution in [-0.4, -0.2) is 23.8 Å². The highest BCUT2D eigenvalue weighted by Crippen LogP contribution is 2.23. The van der Waals surface area contributed by atoms with Crippen molar-refractivity contribution in [2.45, 2.75) is 13.8 Å². The number of nitrogens with one attached hydrogen (secondary N) is 1. The van der Waals surface area contributed by atoms with Gasteiger partial charge in [-0.15, -0.1) is 0 Å². The molecule has 0 saturated heterocycles. The zero-order valence-corrected chi connectivity index (χ0v) is 14.5. The van der Waals surface area contributed by atoms with Gasteiger partial charge in [-0.1, -0.05) is 30.3 Å². The number of carbonyl (C=O) groups is 1. The van der Waals surface area contributed by atoms with E-state index >= 15 is 0 Å². The summed E-state index contributed by atoms with van der Waals surface area (Å²) in [6, 6.07) is 15.0. The molecule has 0 atom stereocenters. The summed E-state index contributed by atoms with van der Waals surface area (Å²) >= 11 is 0. The van der Waals surface area contributed by atoms with Gasteiger partial charge in [0, 0.05) is 10.9 Å². The summed E-state index contributed by atoms with van der Waals surface area (Å²) in [6.45, 7) is 3.54. The number of rotatable bonds is 6. The normalized spacial score (nSPS) is 11.0. The molecule has 0 amide bonds. The van der Waals surface area contributed by atoms with Crippen molar-refractivity contribution >= 4 is 28.9 Å². The molecular weight excluding hydrogens is 330 g/mol. The lowest BCUT2D eigenvalue weighted by molar-refractivity contribution is -0.307. The first kappa shape index (κ1) is 17.4. The number of hydrogen-bond acceptors (Lipinski definition) is 6. The number of pyridine rings is 1. The number of para-hydroxylation sites is 2. The maximum atomic E-state index is 10.6. The SMILES string of the molecule is Cc1cc(N/N=C\c2ccccc2OCC(=O)[O-])nc2c(C)cccc12. The Labute approximate surface area is 151 Å². The van der Waals surface area contributed by atoms with Crippen molar-refractivity contribution < 1.29 is 14.6 Å². The van der Waals surface area contributed by atoms with Gasteiger partial charge in [0.15, 0.2) is 0 Å². The number of aliphatic carboxylic acids is 1. The van der Waals surface area contributed by atoms with Gasteiger partial charge in [-0.05, 0) is 43.2 Å². The van der Waals surface area contributed by atoms with Crippen molar-refractivity contribution in [2.24, 2.45) is 5.10 Å². The van der Waals surface area contributed by atoms with E-state index in [2.05, 4.69) is 15.5 Å². The molecule has 0 aliphatic carbocycles. The number of anilines is 1. The molecule has 0 aliphatic rings. The molecule has 6 nitrogen and oxygen atoms in total. The van der Waals surface area contributed by atoms with E-state index in [1.54, 1.807) is 24.4 Å². The van der Waals surface area contributed by atoms with Gasteiger partial charge in [0.2, 0.25) is 0 Å². The lowest BCUT2D eigenvalue weighted by Gasteiger charge is -2.09. The number of carbonyl (C=O) groups excluding carboxylic acids is 1. The zero-order chi connectivity index (χ0) is 18.5. The molecule has 0 radical (unpaired) electrons. The molecule has 0 spiro atoms. The van der Waals surface area contributed by atoms with Crippen LogP contribution in [0, 0.1) is 13.8 Å². The number of carboxylic acid groups (broad SMARTS) is 1. The molecule has 3 aromatic rings. The van der Waals surface area contributed by atoms with Crippen LogP contribution in [0.15, 0.2) is 53.6 Å². The Morgan fingerprint density at radius 1 is 1.19 bits per heavy atom. The van der Waals surface area contributed by atoms with E-state index in [1.165, 1.54) is 0 Å². The van der Waals surface area contributed by atoms with Gasteiger partial charge in [0.1, 0.15) is 18.2 Å². The largest absolute Gasteiger partial charge is 0.546 e. The number of hydrogen-bond donors (Lipinski definition) is 1. The Kier molecular flexibility index (Phi) is 5.12. The van der Waals surface area contributed by atoms with Crippen molar-refractivity contribution in [3.05, 3.63) is 65.2 Å². The minimum absolute atomic E-state index is 0.417. The summed E-state index contributed by atoms with van der Waals surface area (Å²) < 4.78 is 5.20. The van der Waals surface area contributed by atoms with Crippen LogP contribution in [-0.2, 0) is 4.79 Å². The van der Waals surface area contributed by atoms with Crippen molar-refractivity contribution in [2.75, 3.05) is 12.0 Å². The third-order valence-electron chi connectivity index (χ3n) is 3.90. The highest BCUT2D eigenvalue weighted by Gasteiger charge is 2.05. The van der Waals surface area contributed by atoms with Gasteiger partial charge >= 0.3 is 0 Å². The Morgan fingerprint density at radius 2 is 2.00 bits per heavy atom. The molecule has 0 aliphatic heterocycles. The van der Waals surface area contributed by atoms with E-state index in [0.29, 0.717) is 17.1 Å². The predicted octanol–water partition coefficient (Wildman–Crippen LogP) is 2.43. The standard InChI is InChI=1S/C20H19N3O3/c1-13-6-5-8-16-14(2)10-18(22-20(13)16)23-21-11-15-7-3-4-9-17(15)26-12-19(24)25/h3-11H,12H2,1-2H3,(H,22,23)(H,24,25)/p-1/b21-11-. The van der Waals surface area contributed by atoms with Crippen LogP contribution in [0.1, 0.15) is 16.7 Å².